The second-order valence-electron chi connectivity index (χ2n) is 13.1. The third-order valence-corrected chi connectivity index (χ3v) is 9.00. The summed E-state index contributed by atoms with van der Waals surface area (Å²) >= 11 is 0. The lowest BCUT2D eigenvalue weighted by atomic mass is 10.0. The SMILES string of the molecule is CCCCCCCCCCCCCCCCCCOC(C)c1ccc(OC(=O)c2ccc(-c3ccc(OCCCC)cc3)cc2)cc1. The van der Waals surface area contributed by atoms with Crippen LogP contribution in [0.5, 0.6) is 11.5 Å². The minimum absolute atomic E-state index is 0.0144. The van der Waals surface area contributed by atoms with E-state index in [2.05, 4.69) is 20.8 Å². The van der Waals surface area contributed by atoms with Crippen molar-refractivity contribution in [1.82, 2.24) is 0 Å². The Bertz CT molecular complexity index is 1200. The summed E-state index contributed by atoms with van der Waals surface area (Å²) in [4.78, 5) is 12.8. The number of rotatable bonds is 26. The highest BCUT2D eigenvalue weighted by atomic mass is 16.5. The van der Waals surface area contributed by atoms with Crippen molar-refractivity contribution in [2.45, 2.75) is 142 Å². The van der Waals surface area contributed by atoms with Crippen molar-refractivity contribution in [2.24, 2.45) is 0 Å². The topological polar surface area (TPSA) is 44.8 Å². The van der Waals surface area contributed by atoms with E-state index in [4.69, 9.17) is 14.2 Å². The first kappa shape index (κ1) is 38.3. The molecule has 0 aliphatic heterocycles. The van der Waals surface area contributed by atoms with Crippen LogP contribution in [0.3, 0.4) is 0 Å². The molecule has 4 heteroatoms. The summed E-state index contributed by atoms with van der Waals surface area (Å²) in [6, 6.07) is 23.3. The van der Waals surface area contributed by atoms with Gasteiger partial charge in [0.05, 0.1) is 18.3 Å². The highest BCUT2D eigenvalue weighted by Gasteiger charge is 2.11. The molecule has 0 aliphatic carbocycles. The van der Waals surface area contributed by atoms with Crippen molar-refractivity contribution in [3.63, 3.8) is 0 Å². The van der Waals surface area contributed by atoms with Gasteiger partial charge in [-0.25, -0.2) is 4.79 Å². The second kappa shape index (κ2) is 24.1. The molecule has 258 valence electrons. The Balaban J connectivity index is 1.23. The van der Waals surface area contributed by atoms with Crippen LogP contribution < -0.4 is 9.47 Å². The first-order valence-corrected chi connectivity index (χ1v) is 18.9. The molecule has 1 atom stereocenters. The fourth-order valence-electron chi connectivity index (χ4n) is 5.86. The lowest BCUT2D eigenvalue weighted by Crippen LogP contribution is -2.08. The maximum atomic E-state index is 12.8. The van der Waals surface area contributed by atoms with E-state index < -0.39 is 0 Å². The molecule has 0 heterocycles. The van der Waals surface area contributed by atoms with Gasteiger partial charge in [-0.15, -0.1) is 0 Å². The minimum atomic E-state index is -0.364. The standard InChI is InChI=1S/C43H62O4/c1-4-6-8-9-10-11-12-13-14-15-16-17-18-19-20-21-35-45-36(3)37-26-32-42(33-27-37)47-43(44)40-24-22-38(23-25-40)39-28-30-41(31-29-39)46-34-7-5-2/h22-33,36H,4-21,34-35H2,1-3H3. The van der Waals surface area contributed by atoms with Gasteiger partial charge in [-0.3, -0.25) is 0 Å². The van der Waals surface area contributed by atoms with E-state index >= 15 is 0 Å². The van der Waals surface area contributed by atoms with Gasteiger partial charge in [0.25, 0.3) is 0 Å². The molecule has 3 rings (SSSR count). The van der Waals surface area contributed by atoms with E-state index in [1.54, 1.807) is 0 Å². The predicted octanol–water partition coefficient (Wildman–Crippen LogP) is 13.1. The molecule has 0 saturated heterocycles. The van der Waals surface area contributed by atoms with Gasteiger partial charge in [-0.1, -0.05) is 153 Å². The monoisotopic (exact) mass is 642 g/mol. The molecule has 0 aliphatic rings. The highest BCUT2D eigenvalue weighted by Crippen LogP contribution is 2.25. The number of carbonyl (C=O) groups is 1. The molecule has 3 aromatic rings. The Hall–Kier alpha value is -3.11. The lowest BCUT2D eigenvalue weighted by Gasteiger charge is -2.14. The number of carbonyl (C=O) groups excluding carboxylic acids is 1. The number of hydrogen-bond acceptors (Lipinski definition) is 4. The summed E-state index contributed by atoms with van der Waals surface area (Å²) in [6.07, 6.45) is 24.1. The van der Waals surface area contributed by atoms with E-state index in [-0.39, 0.29) is 12.1 Å². The lowest BCUT2D eigenvalue weighted by molar-refractivity contribution is 0.0627. The van der Waals surface area contributed by atoms with E-state index in [9.17, 15) is 4.79 Å². The first-order valence-electron chi connectivity index (χ1n) is 18.9. The second-order valence-corrected chi connectivity index (χ2v) is 13.1. The summed E-state index contributed by atoms with van der Waals surface area (Å²) in [5.41, 5.74) is 3.73. The van der Waals surface area contributed by atoms with Gasteiger partial charge in [0.1, 0.15) is 11.5 Å². The van der Waals surface area contributed by atoms with Crippen LogP contribution in [0, 0.1) is 0 Å². The molecule has 3 aromatic carbocycles. The summed E-state index contributed by atoms with van der Waals surface area (Å²) in [7, 11) is 0. The van der Waals surface area contributed by atoms with Crippen LogP contribution >= 0.6 is 0 Å². The van der Waals surface area contributed by atoms with Gasteiger partial charge < -0.3 is 14.2 Å². The van der Waals surface area contributed by atoms with E-state index in [0.29, 0.717) is 11.3 Å². The molecule has 0 amide bonds. The molecule has 0 spiro atoms. The Morgan fingerprint density at radius 2 is 0.957 bits per heavy atom. The van der Waals surface area contributed by atoms with Crippen molar-refractivity contribution in [2.75, 3.05) is 13.2 Å². The van der Waals surface area contributed by atoms with Gasteiger partial charge >= 0.3 is 5.97 Å². The summed E-state index contributed by atoms with van der Waals surface area (Å²) < 4.78 is 17.5. The van der Waals surface area contributed by atoms with Gasteiger partial charge in [0.2, 0.25) is 0 Å². The molecule has 1 unspecified atom stereocenters. The summed E-state index contributed by atoms with van der Waals surface area (Å²) in [6.45, 7) is 8.05. The molecular weight excluding hydrogens is 580 g/mol. The van der Waals surface area contributed by atoms with E-state index in [1.807, 2.05) is 72.8 Å². The van der Waals surface area contributed by atoms with Crippen molar-refractivity contribution in [1.29, 1.82) is 0 Å². The van der Waals surface area contributed by atoms with Crippen molar-refractivity contribution in [3.8, 4) is 22.6 Å². The van der Waals surface area contributed by atoms with Crippen LogP contribution in [0.2, 0.25) is 0 Å². The fraction of sp³-hybridized carbons (Fsp3) is 0.558. The van der Waals surface area contributed by atoms with Crippen molar-refractivity contribution in [3.05, 3.63) is 83.9 Å². The summed E-state index contributed by atoms with van der Waals surface area (Å²) in [5.74, 6) is 1.05. The molecule has 0 N–H and O–H groups in total. The smallest absolute Gasteiger partial charge is 0.343 e. The average molecular weight is 643 g/mol. The predicted molar refractivity (Wildman–Crippen MR) is 198 cm³/mol. The molecule has 0 fully saturated rings. The molecule has 4 nitrogen and oxygen atoms in total. The average Bonchev–Trinajstić information content (AvgIpc) is 3.10. The van der Waals surface area contributed by atoms with Crippen molar-refractivity contribution < 1.29 is 19.0 Å². The highest BCUT2D eigenvalue weighted by molar-refractivity contribution is 5.91. The fourth-order valence-corrected chi connectivity index (χ4v) is 5.86. The number of hydrogen-bond donors (Lipinski definition) is 0. The maximum absolute atomic E-state index is 12.8. The molecule has 0 aromatic heterocycles. The molecule has 0 bridgehead atoms. The minimum Gasteiger partial charge on any atom is -0.494 e. The Morgan fingerprint density at radius 3 is 1.47 bits per heavy atom. The molecule has 0 radical (unpaired) electrons. The van der Waals surface area contributed by atoms with Gasteiger partial charge in [-0.05, 0) is 72.9 Å². The van der Waals surface area contributed by atoms with Crippen molar-refractivity contribution >= 4 is 5.97 Å². The Kier molecular flexibility index (Phi) is 19.7. The molecular formula is C43H62O4. The number of esters is 1. The van der Waals surface area contributed by atoms with E-state index in [0.717, 1.165) is 54.9 Å². The van der Waals surface area contributed by atoms with Crippen LogP contribution in [0.15, 0.2) is 72.8 Å². The molecule has 47 heavy (non-hydrogen) atoms. The van der Waals surface area contributed by atoms with Crippen LogP contribution in [0.4, 0.5) is 0 Å². The van der Waals surface area contributed by atoms with Gasteiger partial charge in [-0.2, -0.15) is 0 Å². The third kappa shape index (κ3) is 16.0. The Labute approximate surface area is 286 Å². The van der Waals surface area contributed by atoms with Crippen LogP contribution in [0.1, 0.15) is 158 Å². The third-order valence-electron chi connectivity index (χ3n) is 9.00. The van der Waals surface area contributed by atoms with Crippen LogP contribution in [0.25, 0.3) is 11.1 Å². The quantitative estimate of drug-likeness (QED) is 0.0496. The van der Waals surface area contributed by atoms with E-state index in [1.165, 1.54) is 96.3 Å². The van der Waals surface area contributed by atoms with Crippen LogP contribution in [-0.4, -0.2) is 19.2 Å². The van der Waals surface area contributed by atoms with Gasteiger partial charge in [0, 0.05) is 6.61 Å². The zero-order valence-corrected chi connectivity index (χ0v) is 29.8. The van der Waals surface area contributed by atoms with Crippen LogP contribution in [-0.2, 0) is 4.74 Å². The Morgan fingerprint density at radius 1 is 0.511 bits per heavy atom. The maximum Gasteiger partial charge on any atom is 0.343 e. The first-order chi connectivity index (χ1) is 23.1. The number of ether oxygens (including phenoxy) is 3. The summed E-state index contributed by atoms with van der Waals surface area (Å²) in [5, 5.41) is 0. The zero-order chi connectivity index (χ0) is 33.4. The molecule has 0 saturated carbocycles. The normalized spacial score (nSPS) is 11.8. The number of benzene rings is 3. The largest absolute Gasteiger partial charge is 0.494 e. The zero-order valence-electron chi connectivity index (χ0n) is 29.8. The van der Waals surface area contributed by atoms with Gasteiger partial charge in [0.15, 0.2) is 0 Å². The number of unbranched alkanes of at least 4 members (excludes halogenated alkanes) is 16.